The number of amides is 1. The number of hydrogen-bond acceptors (Lipinski definition) is 3. The molecular weight excluding hydrogens is 229 g/mol. The Labute approximate surface area is 96.4 Å². The number of alkyl halides is 1. The van der Waals surface area contributed by atoms with Gasteiger partial charge in [-0.2, -0.15) is 0 Å². The lowest BCUT2D eigenvalue weighted by molar-refractivity contribution is -0.144. The number of fused-ring (bicyclic) bond motifs is 1. The Bertz CT molecular complexity index is 463. The van der Waals surface area contributed by atoms with Crippen molar-refractivity contribution in [2.75, 3.05) is 11.5 Å². The normalized spacial score (nSPS) is 16.8. The number of benzene rings is 1. The molecule has 0 bridgehead atoms. The SMILES string of the molecule is O=C(O)C(F)N1C(=O)CCOc2ccccc21. The number of ether oxygens (including phenoxy) is 1. The van der Waals surface area contributed by atoms with Gasteiger partial charge >= 0.3 is 5.97 Å². The highest BCUT2D eigenvalue weighted by Crippen LogP contribution is 2.32. The average molecular weight is 239 g/mol. The van der Waals surface area contributed by atoms with E-state index in [1.54, 1.807) is 18.2 Å². The summed E-state index contributed by atoms with van der Waals surface area (Å²) in [5.74, 6) is -2.00. The van der Waals surface area contributed by atoms with E-state index in [0.717, 1.165) is 0 Å². The van der Waals surface area contributed by atoms with Crippen LogP contribution in [0.15, 0.2) is 24.3 Å². The van der Waals surface area contributed by atoms with Crippen LogP contribution in [0.5, 0.6) is 5.75 Å². The van der Waals surface area contributed by atoms with Gasteiger partial charge in [-0.15, -0.1) is 0 Å². The minimum absolute atomic E-state index is 0.0532. The second-order valence-corrected chi connectivity index (χ2v) is 3.50. The van der Waals surface area contributed by atoms with Crippen LogP contribution in [-0.2, 0) is 9.59 Å². The van der Waals surface area contributed by atoms with E-state index in [0.29, 0.717) is 10.6 Å². The summed E-state index contributed by atoms with van der Waals surface area (Å²) in [5.41, 5.74) is 0.143. The van der Waals surface area contributed by atoms with Gasteiger partial charge in [-0.25, -0.2) is 9.18 Å². The molecule has 0 saturated heterocycles. The van der Waals surface area contributed by atoms with Gasteiger partial charge in [0.2, 0.25) is 5.91 Å². The number of anilines is 1. The quantitative estimate of drug-likeness (QED) is 0.787. The van der Waals surface area contributed by atoms with Crippen molar-refractivity contribution in [2.45, 2.75) is 12.7 Å². The van der Waals surface area contributed by atoms with Crippen LogP contribution in [0.4, 0.5) is 10.1 Å². The van der Waals surface area contributed by atoms with E-state index in [-0.39, 0.29) is 18.7 Å². The van der Waals surface area contributed by atoms with Gasteiger partial charge < -0.3 is 9.84 Å². The fourth-order valence-corrected chi connectivity index (χ4v) is 1.64. The highest BCUT2D eigenvalue weighted by atomic mass is 19.1. The first kappa shape index (κ1) is 11.4. The number of carbonyl (C=O) groups is 2. The van der Waals surface area contributed by atoms with Crippen molar-refractivity contribution in [3.8, 4) is 5.75 Å². The van der Waals surface area contributed by atoms with Crippen molar-refractivity contribution in [3.05, 3.63) is 24.3 Å². The zero-order valence-electron chi connectivity index (χ0n) is 8.80. The van der Waals surface area contributed by atoms with Crippen molar-refractivity contribution in [3.63, 3.8) is 0 Å². The third kappa shape index (κ3) is 2.06. The summed E-state index contributed by atoms with van der Waals surface area (Å²) < 4.78 is 18.8. The van der Waals surface area contributed by atoms with Crippen molar-refractivity contribution >= 4 is 17.6 Å². The minimum atomic E-state index is -2.40. The van der Waals surface area contributed by atoms with E-state index in [9.17, 15) is 14.0 Å². The van der Waals surface area contributed by atoms with Crippen LogP contribution in [0.3, 0.4) is 0 Å². The molecule has 1 heterocycles. The Hall–Kier alpha value is -2.11. The number of nitrogens with zero attached hydrogens (tertiary/aromatic N) is 1. The fourth-order valence-electron chi connectivity index (χ4n) is 1.64. The monoisotopic (exact) mass is 239 g/mol. The Morgan fingerprint density at radius 3 is 2.88 bits per heavy atom. The second kappa shape index (κ2) is 4.40. The first-order chi connectivity index (χ1) is 8.11. The summed E-state index contributed by atoms with van der Waals surface area (Å²) in [7, 11) is 0. The topological polar surface area (TPSA) is 66.8 Å². The van der Waals surface area contributed by atoms with Gasteiger partial charge in [0.15, 0.2) is 0 Å². The molecule has 1 aliphatic heterocycles. The number of para-hydroxylation sites is 2. The molecule has 1 aromatic carbocycles. The number of aliphatic carboxylic acids is 1. The molecule has 1 N–H and O–H groups in total. The highest BCUT2D eigenvalue weighted by molar-refractivity contribution is 6.00. The first-order valence-corrected chi connectivity index (χ1v) is 5.02. The zero-order chi connectivity index (χ0) is 12.4. The molecule has 6 heteroatoms. The summed E-state index contributed by atoms with van der Waals surface area (Å²) in [6, 6.07) is 6.27. The Balaban J connectivity index is 2.47. The molecular formula is C11H10FNO4. The number of hydrogen-bond donors (Lipinski definition) is 1. The number of rotatable bonds is 2. The lowest BCUT2D eigenvalue weighted by Gasteiger charge is -2.22. The van der Waals surface area contributed by atoms with Crippen LogP contribution in [0, 0.1) is 0 Å². The van der Waals surface area contributed by atoms with E-state index >= 15 is 0 Å². The fraction of sp³-hybridized carbons (Fsp3) is 0.273. The van der Waals surface area contributed by atoms with E-state index in [1.165, 1.54) is 6.07 Å². The van der Waals surface area contributed by atoms with Gasteiger partial charge in [0.25, 0.3) is 6.30 Å². The lowest BCUT2D eigenvalue weighted by atomic mass is 10.2. The van der Waals surface area contributed by atoms with Crippen molar-refractivity contribution in [1.29, 1.82) is 0 Å². The van der Waals surface area contributed by atoms with Gasteiger partial charge in [-0.3, -0.25) is 9.69 Å². The third-order valence-electron chi connectivity index (χ3n) is 2.40. The lowest BCUT2D eigenvalue weighted by Crippen LogP contribution is -2.42. The highest BCUT2D eigenvalue weighted by Gasteiger charge is 2.33. The molecule has 0 radical (unpaired) electrons. The van der Waals surface area contributed by atoms with E-state index < -0.39 is 18.2 Å². The Kier molecular flexibility index (Phi) is 2.95. The number of halogens is 1. The maximum atomic E-state index is 13.6. The van der Waals surface area contributed by atoms with Crippen molar-refractivity contribution < 1.29 is 23.8 Å². The van der Waals surface area contributed by atoms with E-state index in [1.807, 2.05) is 0 Å². The predicted octanol–water partition coefficient (Wildman–Crippen LogP) is 1.18. The number of carboxylic acid groups (broad SMARTS) is 1. The molecule has 0 saturated carbocycles. The number of carboxylic acids is 1. The molecule has 1 aromatic rings. The molecule has 17 heavy (non-hydrogen) atoms. The molecule has 5 nitrogen and oxygen atoms in total. The van der Waals surface area contributed by atoms with Crippen LogP contribution in [0.25, 0.3) is 0 Å². The third-order valence-corrected chi connectivity index (χ3v) is 2.40. The van der Waals surface area contributed by atoms with Crippen molar-refractivity contribution in [1.82, 2.24) is 0 Å². The Morgan fingerprint density at radius 1 is 1.47 bits per heavy atom. The van der Waals surface area contributed by atoms with Crippen LogP contribution >= 0.6 is 0 Å². The number of carbonyl (C=O) groups excluding carboxylic acids is 1. The Morgan fingerprint density at radius 2 is 2.18 bits per heavy atom. The first-order valence-electron chi connectivity index (χ1n) is 5.02. The maximum Gasteiger partial charge on any atom is 0.360 e. The minimum Gasteiger partial charge on any atom is -0.491 e. The summed E-state index contributed by atoms with van der Waals surface area (Å²) in [5, 5.41) is 8.66. The molecule has 0 aromatic heterocycles. The molecule has 0 spiro atoms. The van der Waals surface area contributed by atoms with Gasteiger partial charge in [-0.1, -0.05) is 12.1 Å². The summed E-state index contributed by atoms with van der Waals surface area (Å²) in [6.07, 6.45) is -2.45. The molecule has 0 fully saturated rings. The summed E-state index contributed by atoms with van der Waals surface area (Å²) in [6.45, 7) is 0.110. The van der Waals surface area contributed by atoms with Crippen LogP contribution in [0.2, 0.25) is 0 Å². The maximum absolute atomic E-state index is 13.6. The zero-order valence-corrected chi connectivity index (χ0v) is 8.80. The van der Waals surface area contributed by atoms with Crippen LogP contribution in [0.1, 0.15) is 6.42 Å². The molecule has 1 amide bonds. The summed E-state index contributed by atoms with van der Waals surface area (Å²) in [4.78, 5) is 22.9. The largest absolute Gasteiger partial charge is 0.491 e. The van der Waals surface area contributed by atoms with Crippen molar-refractivity contribution in [2.24, 2.45) is 0 Å². The molecule has 90 valence electrons. The average Bonchev–Trinajstić information content (AvgIpc) is 2.46. The molecule has 1 atom stereocenters. The second-order valence-electron chi connectivity index (χ2n) is 3.50. The standard InChI is InChI=1S/C11H10FNO4/c12-10(11(15)16)13-7-3-1-2-4-8(7)17-6-5-9(13)14/h1-4,10H,5-6H2,(H,15,16). The molecule has 1 aliphatic rings. The van der Waals surface area contributed by atoms with Crippen LogP contribution < -0.4 is 9.64 Å². The van der Waals surface area contributed by atoms with Gasteiger partial charge in [0.05, 0.1) is 18.7 Å². The molecule has 1 unspecified atom stereocenters. The molecule has 2 rings (SSSR count). The van der Waals surface area contributed by atoms with Gasteiger partial charge in [0.1, 0.15) is 5.75 Å². The summed E-state index contributed by atoms with van der Waals surface area (Å²) >= 11 is 0. The van der Waals surface area contributed by atoms with Gasteiger partial charge in [-0.05, 0) is 12.1 Å². The van der Waals surface area contributed by atoms with E-state index in [2.05, 4.69) is 0 Å². The smallest absolute Gasteiger partial charge is 0.360 e. The predicted molar refractivity (Wildman–Crippen MR) is 56.6 cm³/mol. The van der Waals surface area contributed by atoms with Crippen LogP contribution in [-0.4, -0.2) is 29.9 Å². The van der Waals surface area contributed by atoms with E-state index in [4.69, 9.17) is 9.84 Å². The molecule has 0 aliphatic carbocycles. The van der Waals surface area contributed by atoms with Gasteiger partial charge in [0, 0.05) is 0 Å².